The molecule has 2 heterocycles. The Balaban J connectivity index is 1.22. The van der Waals surface area contributed by atoms with Crippen molar-refractivity contribution in [2.45, 2.75) is 70.6 Å². The summed E-state index contributed by atoms with van der Waals surface area (Å²) in [4.78, 5) is 21.7. The third-order valence-corrected chi connectivity index (χ3v) is 7.39. The van der Waals surface area contributed by atoms with Gasteiger partial charge in [-0.05, 0) is 89.8 Å². The highest BCUT2D eigenvalue weighted by molar-refractivity contribution is 5.99. The predicted octanol–water partition coefficient (Wildman–Crippen LogP) is 5.37. The Morgan fingerprint density at radius 3 is 2.53 bits per heavy atom. The lowest BCUT2D eigenvalue weighted by atomic mass is 10.1. The summed E-state index contributed by atoms with van der Waals surface area (Å²) in [5.41, 5.74) is 2.56. The van der Waals surface area contributed by atoms with Crippen LogP contribution in [0.1, 0.15) is 52.4 Å². The maximum absolute atomic E-state index is 12.5. The standard InChI is InChI=1S/C28H41N5O3/c1-4-35-18-16-21(2)32(3)25-15-17-33(20-25)24-12-9-22(10-13-24)30-28(34)31-23-11-14-27(29-19-23)36-26-7-5-6-8-26/h9-14,19,21,25-26H,4-8,15-18,20H2,1-3H3,(H2,30,31,34). The number of urea groups is 1. The molecule has 1 aromatic heterocycles. The fourth-order valence-corrected chi connectivity index (χ4v) is 5.02. The number of carbonyl (C=O) groups excluding carboxylic acids is 1. The molecule has 8 heteroatoms. The van der Waals surface area contributed by atoms with E-state index in [9.17, 15) is 4.79 Å². The molecule has 1 aliphatic carbocycles. The van der Waals surface area contributed by atoms with Crippen LogP contribution in [0.2, 0.25) is 0 Å². The molecular weight excluding hydrogens is 454 g/mol. The van der Waals surface area contributed by atoms with Crippen LogP contribution in [-0.2, 0) is 4.74 Å². The van der Waals surface area contributed by atoms with Gasteiger partial charge in [0.2, 0.25) is 5.88 Å². The molecular formula is C28H41N5O3. The van der Waals surface area contributed by atoms with E-state index in [1.165, 1.54) is 18.5 Å². The van der Waals surface area contributed by atoms with Gasteiger partial charge in [0.25, 0.3) is 0 Å². The highest BCUT2D eigenvalue weighted by Gasteiger charge is 2.28. The molecule has 1 saturated carbocycles. The fourth-order valence-electron chi connectivity index (χ4n) is 5.02. The van der Waals surface area contributed by atoms with Gasteiger partial charge in [-0.3, -0.25) is 4.90 Å². The minimum absolute atomic E-state index is 0.268. The predicted molar refractivity (Wildman–Crippen MR) is 145 cm³/mol. The van der Waals surface area contributed by atoms with Gasteiger partial charge in [-0.15, -0.1) is 0 Å². The van der Waals surface area contributed by atoms with Crippen molar-refractivity contribution in [3.8, 4) is 5.88 Å². The molecule has 1 aromatic carbocycles. The number of aromatic nitrogens is 1. The minimum Gasteiger partial charge on any atom is -0.474 e. The zero-order valence-corrected chi connectivity index (χ0v) is 21.9. The lowest BCUT2D eigenvalue weighted by Gasteiger charge is -2.31. The zero-order chi connectivity index (χ0) is 25.3. The smallest absolute Gasteiger partial charge is 0.323 e. The lowest BCUT2D eigenvalue weighted by molar-refractivity contribution is 0.107. The molecule has 2 aromatic rings. The lowest BCUT2D eigenvalue weighted by Crippen LogP contribution is -2.41. The first-order valence-corrected chi connectivity index (χ1v) is 13.4. The summed E-state index contributed by atoms with van der Waals surface area (Å²) >= 11 is 0. The average molecular weight is 496 g/mol. The van der Waals surface area contributed by atoms with Crippen molar-refractivity contribution in [1.29, 1.82) is 0 Å². The van der Waals surface area contributed by atoms with Crippen molar-refractivity contribution >= 4 is 23.1 Å². The van der Waals surface area contributed by atoms with Gasteiger partial charge in [0.15, 0.2) is 0 Å². The van der Waals surface area contributed by atoms with Crippen molar-refractivity contribution in [1.82, 2.24) is 9.88 Å². The molecule has 8 nitrogen and oxygen atoms in total. The van der Waals surface area contributed by atoms with E-state index in [4.69, 9.17) is 9.47 Å². The number of hydrogen-bond acceptors (Lipinski definition) is 6. The number of nitrogens with one attached hydrogen (secondary N) is 2. The van der Waals surface area contributed by atoms with Gasteiger partial charge in [-0.1, -0.05) is 0 Å². The molecule has 1 aliphatic heterocycles. The van der Waals surface area contributed by atoms with Gasteiger partial charge in [0, 0.05) is 55.8 Å². The second-order valence-electron chi connectivity index (χ2n) is 9.92. The van der Waals surface area contributed by atoms with E-state index in [0.29, 0.717) is 23.7 Å². The normalized spacial score (nSPS) is 19.0. The fraction of sp³-hybridized carbons (Fsp3) is 0.571. The largest absolute Gasteiger partial charge is 0.474 e. The topological polar surface area (TPSA) is 79.0 Å². The Hall–Kier alpha value is -2.84. The first kappa shape index (κ1) is 26.2. The van der Waals surface area contributed by atoms with E-state index in [1.54, 1.807) is 6.20 Å². The van der Waals surface area contributed by atoms with Crippen molar-refractivity contribution in [2.24, 2.45) is 0 Å². The van der Waals surface area contributed by atoms with Gasteiger partial charge in [0.05, 0.1) is 11.9 Å². The number of hydrogen-bond donors (Lipinski definition) is 2. The summed E-state index contributed by atoms with van der Waals surface area (Å²) in [5.74, 6) is 0.610. The van der Waals surface area contributed by atoms with Crippen LogP contribution in [0.15, 0.2) is 42.6 Å². The molecule has 196 valence electrons. The van der Waals surface area contributed by atoms with Crippen LogP contribution in [0.5, 0.6) is 5.88 Å². The van der Waals surface area contributed by atoms with Gasteiger partial charge >= 0.3 is 6.03 Å². The third kappa shape index (κ3) is 7.34. The van der Waals surface area contributed by atoms with Crippen molar-refractivity contribution in [3.05, 3.63) is 42.6 Å². The first-order valence-electron chi connectivity index (χ1n) is 13.4. The van der Waals surface area contributed by atoms with E-state index in [2.05, 4.69) is 51.5 Å². The molecule has 2 unspecified atom stereocenters. The number of rotatable bonds is 11. The molecule has 4 rings (SSSR count). The molecule has 2 atom stereocenters. The number of benzene rings is 1. The van der Waals surface area contributed by atoms with E-state index < -0.39 is 0 Å². The molecule has 36 heavy (non-hydrogen) atoms. The molecule has 0 spiro atoms. The Morgan fingerprint density at radius 1 is 1.11 bits per heavy atom. The Morgan fingerprint density at radius 2 is 1.83 bits per heavy atom. The number of carbonyl (C=O) groups is 1. The van der Waals surface area contributed by atoms with E-state index in [1.807, 2.05) is 31.2 Å². The van der Waals surface area contributed by atoms with Crippen LogP contribution in [0, 0.1) is 0 Å². The number of likely N-dealkylation sites (N-methyl/N-ethyl adjacent to an activating group) is 1. The van der Waals surface area contributed by atoms with Crippen molar-refractivity contribution < 1.29 is 14.3 Å². The molecule has 1 saturated heterocycles. The van der Waals surface area contributed by atoms with Crippen molar-refractivity contribution in [3.63, 3.8) is 0 Å². The van der Waals surface area contributed by atoms with Crippen LogP contribution in [0.3, 0.4) is 0 Å². The highest BCUT2D eigenvalue weighted by Crippen LogP contribution is 2.26. The maximum atomic E-state index is 12.5. The number of anilines is 3. The molecule has 0 bridgehead atoms. The zero-order valence-electron chi connectivity index (χ0n) is 21.9. The summed E-state index contributed by atoms with van der Waals surface area (Å²) in [6.07, 6.45) is 8.72. The highest BCUT2D eigenvalue weighted by atomic mass is 16.5. The Bertz CT molecular complexity index is 947. The van der Waals surface area contributed by atoms with Crippen LogP contribution >= 0.6 is 0 Å². The van der Waals surface area contributed by atoms with Gasteiger partial charge in [0.1, 0.15) is 6.10 Å². The summed E-state index contributed by atoms with van der Waals surface area (Å²) < 4.78 is 11.4. The second-order valence-corrected chi connectivity index (χ2v) is 9.92. The van der Waals surface area contributed by atoms with Crippen molar-refractivity contribution in [2.75, 3.05) is 48.9 Å². The SMILES string of the molecule is CCOCCC(C)N(C)C1CCN(c2ccc(NC(=O)Nc3ccc(OC4CCCC4)nc3)cc2)C1. The Kier molecular flexibility index (Phi) is 9.41. The summed E-state index contributed by atoms with van der Waals surface area (Å²) in [5, 5.41) is 5.74. The second kappa shape index (κ2) is 12.9. The van der Waals surface area contributed by atoms with Gasteiger partial charge in [-0.2, -0.15) is 0 Å². The summed E-state index contributed by atoms with van der Waals surface area (Å²) in [6, 6.07) is 12.4. The number of pyridine rings is 1. The third-order valence-electron chi connectivity index (χ3n) is 7.39. The average Bonchev–Trinajstić information content (AvgIpc) is 3.58. The van der Waals surface area contributed by atoms with E-state index in [-0.39, 0.29) is 12.1 Å². The molecule has 2 aliphatic rings. The van der Waals surface area contributed by atoms with Gasteiger partial charge in [-0.25, -0.2) is 9.78 Å². The molecule has 0 radical (unpaired) electrons. The minimum atomic E-state index is -0.294. The first-order chi connectivity index (χ1) is 17.5. The van der Waals surface area contributed by atoms with Crippen LogP contribution in [-0.4, -0.2) is 67.5 Å². The maximum Gasteiger partial charge on any atom is 0.323 e. The monoisotopic (exact) mass is 495 g/mol. The van der Waals surface area contributed by atoms with Crippen LogP contribution in [0.25, 0.3) is 0 Å². The molecule has 2 fully saturated rings. The quantitative estimate of drug-likeness (QED) is 0.408. The van der Waals surface area contributed by atoms with Crippen LogP contribution < -0.4 is 20.3 Å². The van der Waals surface area contributed by atoms with Gasteiger partial charge < -0.3 is 25.0 Å². The number of nitrogens with zero attached hydrogens (tertiary/aromatic N) is 3. The van der Waals surface area contributed by atoms with E-state index >= 15 is 0 Å². The Labute approximate surface area is 215 Å². The van der Waals surface area contributed by atoms with E-state index in [0.717, 1.165) is 57.7 Å². The summed E-state index contributed by atoms with van der Waals surface area (Å²) in [6.45, 7) is 7.96. The molecule has 2 N–H and O–H groups in total. The number of amides is 2. The summed E-state index contributed by atoms with van der Waals surface area (Å²) in [7, 11) is 2.22. The van der Waals surface area contributed by atoms with Crippen LogP contribution in [0.4, 0.5) is 21.9 Å². The molecule has 2 amide bonds. The number of ether oxygens (including phenoxy) is 2.